The Morgan fingerprint density at radius 2 is 2.11 bits per heavy atom. The molecule has 5 heteroatoms. The molecular weight excluding hydrogens is 234 g/mol. The molecule has 0 bridgehead atoms. The second-order valence-electron chi connectivity index (χ2n) is 4.62. The molecule has 0 aromatic heterocycles. The molecular formula is C13H17NO4. The van der Waals surface area contributed by atoms with Crippen LogP contribution in [0.15, 0.2) is 24.3 Å². The molecule has 1 aliphatic heterocycles. The summed E-state index contributed by atoms with van der Waals surface area (Å²) < 4.78 is 0. The van der Waals surface area contributed by atoms with Gasteiger partial charge in [-0.3, -0.25) is 9.69 Å². The highest BCUT2D eigenvalue weighted by atomic mass is 16.4. The van der Waals surface area contributed by atoms with Crippen LogP contribution >= 0.6 is 0 Å². The number of aliphatic carboxylic acids is 1. The highest BCUT2D eigenvalue weighted by Gasteiger charge is 2.35. The van der Waals surface area contributed by atoms with E-state index in [1.807, 2.05) is 12.1 Å². The van der Waals surface area contributed by atoms with Crippen molar-refractivity contribution >= 4 is 5.97 Å². The molecule has 2 atom stereocenters. The Morgan fingerprint density at radius 3 is 2.78 bits per heavy atom. The van der Waals surface area contributed by atoms with Crippen molar-refractivity contribution in [1.82, 2.24) is 4.90 Å². The fourth-order valence-electron chi connectivity index (χ4n) is 2.37. The van der Waals surface area contributed by atoms with E-state index in [2.05, 4.69) is 0 Å². The van der Waals surface area contributed by atoms with Crippen LogP contribution in [0.5, 0.6) is 5.75 Å². The number of likely N-dealkylation sites (tertiary alicyclic amines) is 1. The van der Waals surface area contributed by atoms with Crippen LogP contribution in [0.1, 0.15) is 12.0 Å². The number of rotatable bonds is 4. The van der Waals surface area contributed by atoms with Crippen LogP contribution < -0.4 is 0 Å². The Kier molecular flexibility index (Phi) is 3.84. The number of para-hydroxylation sites is 1. The maximum absolute atomic E-state index is 11.0. The van der Waals surface area contributed by atoms with Gasteiger partial charge in [-0.2, -0.15) is 0 Å². The number of carboxylic acids is 1. The van der Waals surface area contributed by atoms with E-state index in [0.717, 1.165) is 5.56 Å². The highest BCUT2D eigenvalue weighted by molar-refractivity contribution is 5.74. The molecule has 0 aliphatic carbocycles. The van der Waals surface area contributed by atoms with Gasteiger partial charge in [-0.15, -0.1) is 0 Å². The first-order chi connectivity index (χ1) is 8.58. The summed E-state index contributed by atoms with van der Waals surface area (Å²) in [5, 5.41) is 28.2. The van der Waals surface area contributed by atoms with E-state index >= 15 is 0 Å². The summed E-state index contributed by atoms with van der Waals surface area (Å²) in [6, 6.07) is 6.40. The summed E-state index contributed by atoms with van der Waals surface area (Å²) in [6.45, 7) is 0.899. The summed E-state index contributed by atoms with van der Waals surface area (Å²) in [4.78, 5) is 12.8. The van der Waals surface area contributed by atoms with Crippen LogP contribution in [-0.4, -0.2) is 51.4 Å². The molecule has 1 heterocycles. The number of carbonyl (C=O) groups is 1. The van der Waals surface area contributed by atoms with Crippen molar-refractivity contribution in [2.45, 2.75) is 25.0 Å². The normalized spacial score (nSPS) is 24.3. The first-order valence-electron chi connectivity index (χ1n) is 5.99. The number of aliphatic hydroxyl groups is 1. The number of aromatic hydroxyl groups is 1. The standard InChI is InChI=1S/C13H17NO4/c15-10-7-11(13(17)18)14(8-10)6-5-9-3-1-2-4-12(9)16/h1-4,10-11,15-16H,5-8H2,(H,17,18)/t10-,11+/m1/s1. The zero-order valence-corrected chi connectivity index (χ0v) is 9.99. The van der Waals surface area contributed by atoms with Crippen molar-refractivity contribution in [2.24, 2.45) is 0 Å². The number of β-amino-alcohol motifs (C(OH)–C–C–N with tert-alkyl or cyclic N) is 1. The number of hydrogen-bond acceptors (Lipinski definition) is 4. The van der Waals surface area contributed by atoms with Gasteiger partial charge >= 0.3 is 5.97 Å². The lowest BCUT2D eigenvalue weighted by Gasteiger charge is -2.20. The van der Waals surface area contributed by atoms with Gasteiger partial charge in [-0.25, -0.2) is 0 Å². The Bertz CT molecular complexity index is 435. The lowest BCUT2D eigenvalue weighted by Crippen LogP contribution is -2.37. The van der Waals surface area contributed by atoms with Crippen molar-refractivity contribution in [3.8, 4) is 5.75 Å². The van der Waals surface area contributed by atoms with Crippen LogP contribution in [0, 0.1) is 0 Å². The van der Waals surface area contributed by atoms with Gasteiger partial charge in [0.15, 0.2) is 0 Å². The fourth-order valence-corrected chi connectivity index (χ4v) is 2.37. The van der Waals surface area contributed by atoms with Gasteiger partial charge in [0.1, 0.15) is 11.8 Å². The topological polar surface area (TPSA) is 81.0 Å². The SMILES string of the molecule is O=C(O)[C@@H]1C[C@@H](O)CN1CCc1ccccc1O. The molecule has 98 valence electrons. The van der Waals surface area contributed by atoms with Crippen molar-refractivity contribution < 1.29 is 20.1 Å². The molecule has 2 rings (SSSR count). The molecule has 18 heavy (non-hydrogen) atoms. The van der Waals surface area contributed by atoms with Gasteiger partial charge < -0.3 is 15.3 Å². The molecule has 1 aromatic rings. The zero-order valence-electron chi connectivity index (χ0n) is 9.99. The first-order valence-corrected chi connectivity index (χ1v) is 5.99. The Hall–Kier alpha value is -1.59. The van der Waals surface area contributed by atoms with Crippen LogP contribution in [0.4, 0.5) is 0 Å². The Balaban J connectivity index is 1.97. The summed E-state index contributed by atoms with van der Waals surface area (Å²) in [6.07, 6.45) is 0.273. The Morgan fingerprint density at radius 1 is 1.39 bits per heavy atom. The van der Waals surface area contributed by atoms with Crippen LogP contribution in [0.2, 0.25) is 0 Å². The molecule has 0 amide bonds. The van der Waals surface area contributed by atoms with Crippen molar-refractivity contribution in [1.29, 1.82) is 0 Å². The maximum Gasteiger partial charge on any atom is 0.321 e. The van der Waals surface area contributed by atoms with E-state index < -0.39 is 18.1 Å². The molecule has 1 aliphatic rings. The van der Waals surface area contributed by atoms with Gasteiger partial charge in [-0.1, -0.05) is 18.2 Å². The van der Waals surface area contributed by atoms with E-state index in [-0.39, 0.29) is 12.2 Å². The average molecular weight is 251 g/mol. The molecule has 0 radical (unpaired) electrons. The predicted octanol–water partition coefficient (Wildman–Crippen LogP) is 0.454. The zero-order chi connectivity index (χ0) is 13.1. The molecule has 0 saturated carbocycles. The minimum absolute atomic E-state index is 0.226. The molecule has 0 spiro atoms. The monoisotopic (exact) mass is 251 g/mol. The largest absolute Gasteiger partial charge is 0.508 e. The van der Waals surface area contributed by atoms with Crippen molar-refractivity contribution in [2.75, 3.05) is 13.1 Å². The molecule has 5 nitrogen and oxygen atoms in total. The van der Waals surface area contributed by atoms with E-state index in [9.17, 15) is 15.0 Å². The first kappa shape index (κ1) is 12.9. The third-order valence-corrected chi connectivity index (χ3v) is 3.33. The summed E-state index contributed by atoms with van der Waals surface area (Å²) in [5.74, 6) is -0.673. The van der Waals surface area contributed by atoms with Gasteiger partial charge in [-0.05, 0) is 18.1 Å². The number of hydrogen-bond donors (Lipinski definition) is 3. The number of aliphatic hydroxyl groups excluding tert-OH is 1. The van der Waals surface area contributed by atoms with Crippen molar-refractivity contribution in [3.63, 3.8) is 0 Å². The van der Waals surface area contributed by atoms with Gasteiger partial charge in [0.2, 0.25) is 0 Å². The number of nitrogens with zero attached hydrogens (tertiary/aromatic N) is 1. The highest BCUT2D eigenvalue weighted by Crippen LogP contribution is 2.21. The lowest BCUT2D eigenvalue weighted by molar-refractivity contribution is -0.142. The minimum atomic E-state index is -0.899. The van der Waals surface area contributed by atoms with Crippen LogP contribution in [0.3, 0.4) is 0 Å². The van der Waals surface area contributed by atoms with Crippen molar-refractivity contribution in [3.05, 3.63) is 29.8 Å². The van der Waals surface area contributed by atoms with Gasteiger partial charge in [0, 0.05) is 19.5 Å². The minimum Gasteiger partial charge on any atom is -0.508 e. The number of phenolic OH excluding ortho intramolecular Hbond substituents is 1. The number of phenols is 1. The van der Waals surface area contributed by atoms with E-state index in [0.29, 0.717) is 19.5 Å². The summed E-state index contributed by atoms with van der Waals surface area (Å²) in [5.41, 5.74) is 0.794. The van der Waals surface area contributed by atoms with E-state index in [1.54, 1.807) is 17.0 Å². The summed E-state index contributed by atoms with van der Waals surface area (Å²) in [7, 11) is 0. The van der Waals surface area contributed by atoms with Crippen LogP contribution in [-0.2, 0) is 11.2 Å². The van der Waals surface area contributed by atoms with E-state index in [4.69, 9.17) is 5.11 Å². The second-order valence-corrected chi connectivity index (χ2v) is 4.62. The summed E-state index contributed by atoms with van der Waals surface area (Å²) >= 11 is 0. The Labute approximate surface area is 105 Å². The number of benzene rings is 1. The molecule has 1 fully saturated rings. The predicted molar refractivity (Wildman–Crippen MR) is 65.4 cm³/mol. The smallest absolute Gasteiger partial charge is 0.321 e. The van der Waals surface area contributed by atoms with Gasteiger partial charge in [0.05, 0.1) is 6.10 Å². The maximum atomic E-state index is 11.0. The third-order valence-electron chi connectivity index (χ3n) is 3.33. The van der Waals surface area contributed by atoms with Crippen LogP contribution in [0.25, 0.3) is 0 Å². The lowest BCUT2D eigenvalue weighted by atomic mass is 10.1. The molecule has 1 aromatic carbocycles. The van der Waals surface area contributed by atoms with Gasteiger partial charge in [0.25, 0.3) is 0 Å². The quantitative estimate of drug-likeness (QED) is 0.724. The average Bonchev–Trinajstić information content (AvgIpc) is 2.70. The fraction of sp³-hybridized carbons (Fsp3) is 0.462. The number of carboxylic acid groups (broad SMARTS) is 1. The molecule has 0 unspecified atom stereocenters. The molecule has 1 saturated heterocycles. The molecule has 3 N–H and O–H groups in total. The van der Waals surface area contributed by atoms with E-state index in [1.165, 1.54) is 0 Å². The third kappa shape index (κ3) is 2.80. The second kappa shape index (κ2) is 5.37.